The van der Waals surface area contributed by atoms with Gasteiger partial charge in [0.25, 0.3) is 5.91 Å². The van der Waals surface area contributed by atoms with Crippen LogP contribution in [-0.2, 0) is 4.79 Å². The van der Waals surface area contributed by atoms with Crippen molar-refractivity contribution in [2.24, 2.45) is 0 Å². The first kappa shape index (κ1) is 21.6. The van der Waals surface area contributed by atoms with Crippen molar-refractivity contribution in [1.82, 2.24) is 15.1 Å². The fourth-order valence-corrected chi connectivity index (χ4v) is 3.67. The van der Waals surface area contributed by atoms with Gasteiger partial charge in [0.2, 0.25) is 0 Å². The van der Waals surface area contributed by atoms with Crippen LogP contribution >= 0.6 is 0 Å². The van der Waals surface area contributed by atoms with Crippen molar-refractivity contribution in [2.45, 2.75) is 32.4 Å². The molecule has 156 valence electrons. The summed E-state index contributed by atoms with van der Waals surface area (Å²) >= 11 is 0. The van der Waals surface area contributed by atoms with E-state index in [9.17, 15) is 10.1 Å². The molecule has 1 amide bonds. The molecule has 0 bridgehead atoms. The highest BCUT2D eigenvalue weighted by atomic mass is 16.2. The third kappa shape index (κ3) is 5.49. The number of nitrogens with one attached hydrogen (secondary N) is 1. The number of nitrogens with zero attached hydrogens (tertiary/aromatic N) is 3. The van der Waals surface area contributed by atoms with Crippen molar-refractivity contribution in [3.05, 3.63) is 83.6 Å². The number of amides is 1. The van der Waals surface area contributed by atoms with Crippen LogP contribution in [0.25, 0.3) is 0 Å². The van der Waals surface area contributed by atoms with E-state index in [-0.39, 0.29) is 23.1 Å². The molecule has 1 aliphatic rings. The van der Waals surface area contributed by atoms with Crippen LogP contribution in [0.15, 0.2) is 72.4 Å². The van der Waals surface area contributed by atoms with Crippen molar-refractivity contribution in [3.8, 4) is 6.07 Å². The summed E-state index contributed by atoms with van der Waals surface area (Å²) in [5, 5.41) is 12.6. The molecule has 2 aromatic carbocycles. The van der Waals surface area contributed by atoms with Crippen LogP contribution in [0.5, 0.6) is 0 Å². The van der Waals surface area contributed by atoms with E-state index in [1.165, 1.54) is 11.1 Å². The molecule has 1 fully saturated rings. The van der Waals surface area contributed by atoms with E-state index in [1.54, 1.807) is 11.1 Å². The Hall–Kier alpha value is -3.10. The third-order valence-electron chi connectivity index (χ3n) is 5.20. The second-order valence-corrected chi connectivity index (χ2v) is 8.62. The summed E-state index contributed by atoms with van der Waals surface area (Å²) in [4.78, 5) is 17.0. The summed E-state index contributed by atoms with van der Waals surface area (Å²) in [6.07, 6.45) is 1.55. The number of hydrogen-bond donors (Lipinski definition) is 1. The molecule has 0 spiro atoms. The van der Waals surface area contributed by atoms with Crippen molar-refractivity contribution < 1.29 is 4.79 Å². The SMILES string of the molecule is CC(C)(C)N/C=C(/C#N)C(=O)N1CCN(C(c2ccccc2)c2ccccc2)CC1. The van der Waals surface area contributed by atoms with Crippen molar-refractivity contribution >= 4 is 5.91 Å². The lowest BCUT2D eigenvalue weighted by molar-refractivity contribution is -0.128. The van der Waals surface area contributed by atoms with Crippen LogP contribution in [0.4, 0.5) is 0 Å². The largest absolute Gasteiger partial charge is 0.385 e. The van der Waals surface area contributed by atoms with Crippen LogP contribution in [0, 0.1) is 11.3 Å². The topological polar surface area (TPSA) is 59.4 Å². The van der Waals surface area contributed by atoms with Gasteiger partial charge < -0.3 is 10.2 Å². The summed E-state index contributed by atoms with van der Waals surface area (Å²) < 4.78 is 0. The summed E-state index contributed by atoms with van der Waals surface area (Å²) in [6, 6.07) is 23.2. The second-order valence-electron chi connectivity index (χ2n) is 8.62. The fourth-order valence-electron chi connectivity index (χ4n) is 3.67. The van der Waals surface area contributed by atoms with Crippen LogP contribution < -0.4 is 5.32 Å². The average molecular weight is 403 g/mol. The predicted octanol–water partition coefficient (Wildman–Crippen LogP) is 3.72. The fraction of sp³-hybridized carbons (Fsp3) is 0.360. The lowest BCUT2D eigenvalue weighted by atomic mass is 9.96. The number of rotatable bonds is 5. The Bertz CT molecular complexity index is 862. The molecular weight excluding hydrogens is 372 g/mol. The van der Waals surface area contributed by atoms with Gasteiger partial charge in [0.1, 0.15) is 11.6 Å². The van der Waals surface area contributed by atoms with Gasteiger partial charge in [-0.1, -0.05) is 60.7 Å². The Morgan fingerprint density at radius 3 is 1.90 bits per heavy atom. The molecule has 0 unspecified atom stereocenters. The molecular formula is C25H30N4O. The van der Waals surface area contributed by atoms with Gasteiger partial charge in [-0.3, -0.25) is 9.69 Å². The normalized spacial score (nSPS) is 15.7. The molecule has 0 aliphatic carbocycles. The molecule has 0 radical (unpaired) electrons. The van der Waals surface area contributed by atoms with E-state index in [4.69, 9.17) is 0 Å². The number of carbonyl (C=O) groups excluding carboxylic acids is 1. The average Bonchev–Trinajstić information content (AvgIpc) is 2.75. The van der Waals surface area contributed by atoms with E-state index < -0.39 is 0 Å². The Morgan fingerprint density at radius 2 is 1.47 bits per heavy atom. The summed E-state index contributed by atoms with van der Waals surface area (Å²) in [7, 11) is 0. The van der Waals surface area contributed by atoms with Crippen molar-refractivity contribution in [2.75, 3.05) is 26.2 Å². The Balaban J connectivity index is 1.73. The molecule has 5 heteroatoms. The van der Waals surface area contributed by atoms with E-state index >= 15 is 0 Å². The van der Waals surface area contributed by atoms with Gasteiger partial charge in [0, 0.05) is 37.9 Å². The maximum Gasteiger partial charge on any atom is 0.266 e. The smallest absolute Gasteiger partial charge is 0.266 e. The zero-order valence-electron chi connectivity index (χ0n) is 18.0. The third-order valence-corrected chi connectivity index (χ3v) is 5.20. The zero-order chi connectivity index (χ0) is 21.6. The minimum atomic E-state index is -0.204. The first-order valence-electron chi connectivity index (χ1n) is 10.4. The van der Waals surface area contributed by atoms with Crippen molar-refractivity contribution in [1.29, 1.82) is 5.26 Å². The molecule has 0 saturated carbocycles. The van der Waals surface area contributed by atoms with E-state index in [2.05, 4.69) is 64.8 Å². The molecule has 1 N–H and O–H groups in total. The maximum absolute atomic E-state index is 12.8. The molecule has 5 nitrogen and oxygen atoms in total. The van der Waals surface area contributed by atoms with Crippen LogP contribution in [0.1, 0.15) is 37.9 Å². The Morgan fingerprint density at radius 1 is 0.967 bits per heavy atom. The molecule has 3 rings (SSSR count). The van der Waals surface area contributed by atoms with Crippen LogP contribution in [-0.4, -0.2) is 47.4 Å². The summed E-state index contributed by atoms with van der Waals surface area (Å²) in [5.41, 5.74) is 2.45. The minimum absolute atomic E-state index is 0.151. The first-order valence-corrected chi connectivity index (χ1v) is 10.4. The second kappa shape index (κ2) is 9.60. The molecule has 0 atom stereocenters. The number of nitriles is 1. The molecule has 1 saturated heterocycles. The number of piperazine rings is 1. The lowest BCUT2D eigenvalue weighted by Gasteiger charge is -2.39. The van der Waals surface area contributed by atoms with Crippen LogP contribution in [0.2, 0.25) is 0 Å². The monoisotopic (exact) mass is 402 g/mol. The van der Waals surface area contributed by atoms with Gasteiger partial charge in [-0.15, -0.1) is 0 Å². The molecule has 1 heterocycles. The standard InChI is InChI=1S/C25H30N4O/c1-25(2,3)27-19-22(18-26)24(30)29-16-14-28(15-17-29)23(20-10-6-4-7-11-20)21-12-8-5-9-13-21/h4-13,19,23,27H,14-17H2,1-3H3/b22-19-. The van der Waals surface area contributed by atoms with Gasteiger partial charge in [0.15, 0.2) is 0 Å². The molecule has 2 aromatic rings. The highest BCUT2D eigenvalue weighted by Gasteiger charge is 2.29. The van der Waals surface area contributed by atoms with Crippen molar-refractivity contribution in [3.63, 3.8) is 0 Å². The van der Waals surface area contributed by atoms with Gasteiger partial charge in [0.05, 0.1) is 6.04 Å². The number of hydrogen-bond acceptors (Lipinski definition) is 4. The minimum Gasteiger partial charge on any atom is -0.385 e. The molecule has 30 heavy (non-hydrogen) atoms. The number of benzene rings is 2. The highest BCUT2D eigenvalue weighted by molar-refractivity contribution is 5.97. The maximum atomic E-state index is 12.8. The van der Waals surface area contributed by atoms with Crippen LogP contribution in [0.3, 0.4) is 0 Å². The summed E-state index contributed by atoms with van der Waals surface area (Å²) in [5.74, 6) is -0.204. The highest BCUT2D eigenvalue weighted by Crippen LogP contribution is 2.29. The van der Waals surface area contributed by atoms with E-state index in [1.807, 2.05) is 32.9 Å². The van der Waals surface area contributed by atoms with E-state index in [0.717, 1.165) is 13.1 Å². The van der Waals surface area contributed by atoms with Gasteiger partial charge in [-0.25, -0.2) is 0 Å². The Kier molecular flexibility index (Phi) is 6.91. The quantitative estimate of drug-likeness (QED) is 0.612. The van der Waals surface area contributed by atoms with Gasteiger partial charge in [-0.05, 0) is 31.9 Å². The summed E-state index contributed by atoms with van der Waals surface area (Å²) in [6.45, 7) is 8.70. The number of carbonyl (C=O) groups is 1. The van der Waals surface area contributed by atoms with Gasteiger partial charge >= 0.3 is 0 Å². The zero-order valence-corrected chi connectivity index (χ0v) is 18.0. The predicted molar refractivity (Wildman–Crippen MR) is 119 cm³/mol. The Labute approximate surface area is 179 Å². The molecule has 0 aromatic heterocycles. The van der Waals surface area contributed by atoms with Gasteiger partial charge in [-0.2, -0.15) is 5.26 Å². The molecule has 1 aliphatic heterocycles. The van der Waals surface area contributed by atoms with E-state index in [0.29, 0.717) is 13.1 Å². The lowest BCUT2D eigenvalue weighted by Crippen LogP contribution is -2.50. The first-order chi connectivity index (χ1) is 14.4.